The van der Waals surface area contributed by atoms with Crippen LogP contribution in [-0.4, -0.2) is 26.2 Å². The molecule has 170 valence electrons. The summed E-state index contributed by atoms with van der Waals surface area (Å²) in [5.74, 6) is 1.08. The summed E-state index contributed by atoms with van der Waals surface area (Å²) in [7, 11) is 3.19. The highest BCUT2D eigenvalue weighted by Gasteiger charge is 2.29. The van der Waals surface area contributed by atoms with Gasteiger partial charge in [-0.2, -0.15) is 0 Å². The van der Waals surface area contributed by atoms with Crippen molar-refractivity contribution >= 4 is 22.9 Å². The molecule has 0 spiro atoms. The molecule has 1 fully saturated rings. The standard InChI is InChI=1S/C26H33N3O3/c1-4-21(25-20-14-23(31-2)24(32-3)15-22(20)29-26(25)30)28-19-12-10-17(11-13-19)16-27-18-8-6-5-7-9-18/h10-15,18,27-28H,4-9,16H2,1-3H3,(H,29,30)/b25-21-. The maximum Gasteiger partial charge on any atom is 0.258 e. The first kappa shape index (κ1) is 22.2. The van der Waals surface area contributed by atoms with Gasteiger partial charge < -0.3 is 25.4 Å². The van der Waals surface area contributed by atoms with Crippen LogP contribution in [0.2, 0.25) is 0 Å². The molecule has 32 heavy (non-hydrogen) atoms. The normalized spacial score (nSPS) is 17.5. The Labute approximate surface area is 190 Å². The summed E-state index contributed by atoms with van der Waals surface area (Å²) in [5.41, 5.74) is 5.32. The first-order valence-electron chi connectivity index (χ1n) is 11.5. The minimum absolute atomic E-state index is 0.118. The van der Waals surface area contributed by atoms with Crippen LogP contribution in [0.4, 0.5) is 11.4 Å². The topological polar surface area (TPSA) is 71.6 Å². The minimum Gasteiger partial charge on any atom is -0.493 e. The van der Waals surface area contributed by atoms with E-state index >= 15 is 0 Å². The smallest absolute Gasteiger partial charge is 0.258 e. The lowest BCUT2D eigenvalue weighted by atomic mass is 9.95. The van der Waals surface area contributed by atoms with E-state index in [1.807, 2.05) is 13.0 Å². The summed E-state index contributed by atoms with van der Waals surface area (Å²) in [4.78, 5) is 12.8. The Balaban J connectivity index is 1.51. The van der Waals surface area contributed by atoms with Gasteiger partial charge in [-0.15, -0.1) is 0 Å². The van der Waals surface area contributed by atoms with Crippen LogP contribution in [0.5, 0.6) is 11.5 Å². The number of fused-ring (bicyclic) bond motifs is 1. The van der Waals surface area contributed by atoms with Gasteiger partial charge in [0.1, 0.15) is 0 Å². The van der Waals surface area contributed by atoms with Crippen LogP contribution < -0.4 is 25.4 Å². The molecule has 0 bridgehead atoms. The highest BCUT2D eigenvalue weighted by Crippen LogP contribution is 2.42. The molecule has 2 aliphatic rings. The fourth-order valence-electron chi connectivity index (χ4n) is 4.57. The van der Waals surface area contributed by atoms with Crippen molar-refractivity contribution < 1.29 is 14.3 Å². The van der Waals surface area contributed by atoms with Crippen molar-refractivity contribution in [1.82, 2.24) is 5.32 Å². The van der Waals surface area contributed by atoms with Crippen LogP contribution in [0.15, 0.2) is 42.1 Å². The largest absolute Gasteiger partial charge is 0.493 e. The second-order valence-corrected chi connectivity index (χ2v) is 8.45. The number of hydrogen-bond donors (Lipinski definition) is 3. The van der Waals surface area contributed by atoms with E-state index in [0.29, 0.717) is 29.5 Å². The number of methoxy groups -OCH3 is 2. The van der Waals surface area contributed by atoms with Gasteiger partial charge in [0, 0.05) is 35.6 Å². The summed E-state index contributed by atoms with van der Waals surface area (Å²) >= 11 is 0. The van der Waals surface area contributed by atoms with Crippen LogP contribution in [0.25, 0.3) is 5.57 Å². The quantitative estimate of drug-likeness (QED) is 0.490. The molecule has 4 rings (SSSR count). The third-order valence-electron chi connectivity index (χ3n) is 6.37. The predicted molar refractivity (Wildman–Crippen MR) is 129 cm³/mol. The monoisotopic (exact) mass is 435 g/mol. The summed E-state index contributed by atoms with van der Waals surface area (Å²) in [6.45, 7) is 2.94. The molecule has 0 aromatic heterocycles. The number of benzene rings is 2. The average Bonchev–Trinajstić information content (AvgIpc) is 3.16. The number of anilines is 2. The maximum absolute atomic E-state index is 12.8. The number of rotatable bonds is 8. The highest BCUT2D eigenvalue weighted by atomic mass is 16.5. The molecule has 0 unspecified atom stereocenters. The number of ether oxygens (including phenoxy) is 2. The number of nitrogens with one attached hydrogen (secondary N) is 3. The molecule has 6 heteroatoms. The van der Waals surface area contributed by atoms with Gasteiger partial charge in [-0.1, -0.05) is 38.3 Å². The molecule has 2 aromatic rings. The molecule has 1 amide bonds. The van der Waals surface area contributed by atoms with E-state index < -0.39 is 0 Å². The van der Waals surface area contributed by atoms with Crippen LogP contribution in [0.1, 0.15) is 56.6 Å². The number of carbonyl (C=O) groups is 1. The fourth-order valence-corrected chi connectivity index (χ4v) is 4.57. The van der Waals surface area contributed by atoms with E-state index in [1.165, 1.54) is 37.7 Å². The van der Waals surface area contributed by atoms with Crippen LogP contribution in [0, 0.1) is 0 Å². The van der Waals surface area contributed by atoms with Gasteiger partial charge in [-0.05, 0) is 43.0 Å². The van der Waals surface area contributed by atoms with Gasteiger partial charge in [0.05, 0.1) is 25.5 Å². The van der Waals surface area contributed by atoms with Crippen molar-refractivity contribution in [1.29, 1.82) is 0 Å². The second-order valence-electron chi connectivity index (χ2n) is 8.45. The molecule has 2 aromatic carbocycles. The Morgan fingerprint density at radius 3 is 2.38 bits per heavy atom. The number of carbonyl (C=O) groups excluding carboxylic acids is 1. The van der Waals surface area contributed by atoms with Crippen LogP contribution in [-0.2, 0) is 11.3 Å². The Morgan fingerprint density at radius 2 is 1.72 bits per heavy atom. The van der Waals surface area contributed by atoms with Crippen molar-refractivity contribution in [2.45, 2.75) is 58.0 Å². The number of hydrogen-bond acceptors (Lipinski definition) is 5. The SMILES string of the molecule is CC/C(Nc1ccc(CNC2CCCCC2)cc1)=C1/C(=O)Nc2cc(OC)c(OC)cc21. The van der Waals surface area contributed by atoms with E-state index in [1.54, 1.807) is 20.3 Å². The lowest BCUT2D eigenvalue weighted by Crippen LogP contribution is -2.30. The number of amides is 1. The third kappa shape index (κ3) is 4.75. The van der Waals surface area contributed by atoms with Gasteiger partial charge in [-0.25, -0.2) is 0 Å². The fraction of sp³-hybridized carbons (Fsp3) is 0.423. The third-order valence-corrected chi connectivity index (χ3v) is 6.37. The molecule has 1 aliphatic heterocycles. The molecule has 3 N–H and O–H groups in total. The molecule has 0 radical (unpaired) electrons. The summed E-state index contributed by atoms with van der Waals surface area (Å²) in [5, 5.41) is 10.1. The lowest BCUT2D eigenvalue weighted by Gasteiger charge is -2.23. The van der Waals surface area contributed by atoms with Gasteiger partial charge >= 0.3 is 0 Å². The van der Waals surface area contributed by atoms with Crippen molar-refractivity contribution in [3.63, 3.8) is 0 Å². The summed E-state index contributed by atoms with van der Waals surface area (Å²) < 4.78 is 10.8. The van der Waals surface area contributed by atoms with Crippen molar-refractivity contribution in [3.05, 3.63) is 53.2 Å². The lowest BCUT2D eigenvalue weighted by molar-refractivity contribution is -0.110. The van der Waals surface area contributed by atoms with Crippen molar-refractivity contribution in [2.24, 2.45) is 0 Å². The second kappa shape index (κ2) is 10.1. The van der Waals surface area contributed by atoms with E-state index in [2.05, 4.69) is 40.2 Å². The zero-order chi connectivity index (χ0) is 22.5. The highest BCUT2D eigenvalue weighted by molar-refractivity contribution is 6.32. The predicted octanol–water partition coefficient (Wildman–Crippen LogP) is 5.31. The molecule has 1 aliphatic carbocycles. The Bertz CT molecular complexity index is 992. The molecule has 1 saturated carbocycles. The number of allylic oxidation sites excluding steroid dienone is 1. The Hall–Kier alpha value is -2.99. The van der Waals surface area contributed by atoms with Gasteiger partial charge in [0.15, 0.2) is 11.5 Å². The molecular formula is C26H33N3O3. The van der Waals surface area contributed by atoms with Crippen LogP contribution in [0.3, 0.4) is 0 Å². The molecule has 0 saturated heterocycles. The molecule has 6 nitrogen and oxygen atoms in total. The average molecular weight is 436 g/mol. The summed E-state index contributed by atoms with van der Waals surface area (Å²) in [6.07, 6.45) is 7.31. The minimum atomic E-state index is -0.118. The summed E-state index contributed by atoms with van der Waals surface area (Å²) in [6, 6.07) is 12.8. The van der Waals surface area contributed by atoms with E-state index in [0.717, 1.165) is 29.2 Å². The van der Waals surface area contributed by atoms with E-state index in [-0.39, 0.29) is 5.91 Å². The van der Waals surface area contributed by atoms with E-state index in [9.17, 15) is 4.79 Å². The van der Waals surface area contributed by atoms with Crippen LogP contribution >= 0.6 is 0 Å². The molecule has 0 atom stereocenters. The van der Waals surface area contributed by atoms with Crippen molar-refractivity contribution in [3.8, 4) is 11.5 Å². The first-order chi connectivity index (χ1) is 15.6. The zero-order valence-electron chi connectivity index (χ0n) is 19.2. The Kier molecular flexibility index (Phi) is 7.00. The van der Waals surface area contributed by atoms with Gasteiger partial charge in [-0.3, -0.25) is 4.79 Å². The van der Waals surface area contributed by atoms with Crippen molar-refractivity contribution in [2.75, 3.05) is 24.9 Å². The van der Waals surface area contributed by atoms with Gasteiger partial charge in [0.25, 0.3) is 5.91 Å². The first-order valence-corrected chi connectivity index (χ1v) is 11.5. The van der Waals surface area contributed by atoms with Gasteiger partial charge in [0.2, 0.25) is 0 Å². The molecule has 1 heterocycles. The zero-order valence-corrected chi connectivity index (χ0v) is 19.2. The Morgan fingerprint density at radius 1 is 1.03 bits per heavy atom. The maximum atomic E-state index is 12.8. The van der Waals surface area contributed by atoms with E-state index in [4.69, 9.17) is 9.47 Å². The molecular weight excluding hydrogens is 402 g/mol.